The van der Waals surface area contributed by atoms with E-state index in [1.54, 1.807) is 4.57 Å². The monoisotopic (exact) mass is 403 g/mol. The molecule has 0 atom stereocenters. The molecular formula is C22H21N5OS. The number of hydrogen-bond donors (Lipinski definition) is 2. The quantitative estimate of drug-likeness (QED) is 0.508. The Morgan fingerprint density at radius 2 is 1.97 bits per heavy atom. The van der Waals surface area contributed by atoms with Crippen LogP contribution >= 0.6 is 12.2 Å². The van der Waals surface area contributed by atoms with Crippen LogP contribution in [0.2, 0.25) is 0 Å². The van der Waals surface area contributed by atoms with E-state index in [-0.39, 0.29) is 12.5 Å². The summed E-state index contributed by atoms with van der Waals surface area (Å²) in [6, 6.07) is 16.3. The largest absolute Gasteiger partial charge is 0.358 e. The van der Waals surface area contributed by atoms with E-state index in [1.165, 1.54) is 22.2 Å². The number of aromatic amines is 2. The van der Waals surface area contributed by atoms with E-state index in [1.807, 2.05) is 48.2 Å². The van der Waals surface area contributed by atoms with Crippen LogP contribution in [-0.2, 0) is 24.3 Å². The molecule has 0 bridgehead atoms. The number of H-pyrrole nitrogens is 2. The number of para-hydroxylation sites is 1. The molecule has 1 aliphatic rings. The summed E-state index contributed by atoms with van der Waals surface area (Å²) in [7, 11) is 0. The third-order valence-electron chi connectivity index (χ3n) is 5.60. The molecule has 2 aromatic carbocycles. The molecule has 2 N–H and O–H groups in total. The SMILES string of the molecule is Cc1ccc(-c2n[nH]c(=S)n2CC(=O)N2CCc3[nH]c4ccccc4c3C2)cc1. The number of rotatable bonds is 3. The van der Waals surface area contributed by atoms with Crippen molar-refractivity contribution >= 4 is 29.0 Å². The maximum absolute atomic E-state index is 13.1. The predicted octanol–water partition coefficient (Wildman–Crippen LogP) is 3.98. The summed E-state index contributed by atoms with van der Waals surface area (Å²) < 4.78 is 2.24. The van der Waals surface area contributed by atoms with Crippen LogP contribution in [0.1, 0.15) is 16.8 Å². The van der Waals surface area contributed by atoms with Crippen LogP contribution in [0.25, 0.3) is 22.3 Å². The molecule has 0 spiro atoms. The Kier molecular flexibility index (Phi) is 4.32. The molecule has 0 fully saturated rings. The Hall–Kier alpha value is -3.19. The highest BCUT2D eigenvalue weighted by Gasteiger charge is 2.25. The molecule has 146 valence electrons. The van der Waals surface area contributed by atoms with Gasteiger partial charge in [0.2, 0.25) is 5.91 Å². The minimum atomic E-state index is 0.0480. The van der Waals surface area contributed by atoms with Crippen molar-refractivity contribution in [3.8, 4) is 11.4 Å². The van der Waals surface area contributed by atoms with E-state index in [4.69, 9.17) is 12.2 Å². The number of carbonyl (C=O) groups excluding carboxylic acids is 1. The summed E-state index contributed by atoms with van der Waals surface area (Å²) in [5.74, 6) is 0.736. The van der Waals surface area contributed by atoms with Gasteiger partial charge >= 0.3 is 0 Å². The minimum Gasteiger partial charge on any atom is -0.358 e. The number of aryl methyl sites for hydroxylation is 1. The van der Waals surface area contributed by atoms with Gasteiger partial charge in [-0.15, -0.1) is 0 Å². The lowest BCUT2D eigenvalue weighted by Crippen LogP contribution is -2.38. The highest BCUT2D eigenvalue weighted by molar-refractivity contribution is 7.71. The highest BCUT2D eigenvalue weighted by atomic mass is 32.1. The van der Waals surface area contributed by atoms with Crippen molar-refractivity contribution < 1.29 is 4.79 Å². The number of carbonyl (C=O) groups is 1. The van der Waals surface area contributed by atoms with Crippen LogP contribution in [0.5, 0.6) is 0 Å². The van der Waals surface area contributed by atoms with Gasteiger partial charge in [0.15, 0.2) is 10.6 Å². The lowest BCUT2D eigenvalue weighted by Gasteiger charge is -2.27. The second-order valence-electron chi connectivity index (χ2n) is 7.50. The Bertz CT molecular complexity index is 1260. The molecule has 0 unspecified atom stereocenters. The standard InChI is InChI=1S/C22H21N5OS/c1-14-6-8-15(9-7-14)21-24-25-22(29)27(21)13-20(28)26-11-10-19-17(12-26)16-4-2-3-5-18(16)23-19/h2-9,23H,10-13H2,1H3,(H,25,29). The van der Waals surface area contributed by atoms with E-state index >= 15 is 0 Å². The molecule has 2 aromatic heterocycles. The summed E-state index contributed by atoms with van der Waals surface area (Å²) in [5, 5.41) is 8.38. The normalized spacial score (nSPS) is 13.6. The third-order valence-corrected chi connectivity index (χ3v) is 5.91. The zero-order chi connectivity index (χ0) is 20.0. The fourth-order valence-electron chi connectivity index (χ4n) is 4.00. The summed E-state index contributed by atoms with van der Waals surface area (Å²) >= 11 is 5.40. The lowest BCUT2D eigenvalue weighted by atomic mass is 10.0. The summed E-state index contributed by atoms with van der Waals surface area (Å²) in [4.78, 5) is 18.5. The van der Waals surface area contributed by atoms with Gasteiger partial charge < -0.3 is 9.88 Å². The highest BCUT2D eigenvalue weighted by Crippen LogP contribution is 2.28. The van der Waals surface area contributed by atoms with E-state index < -0.39 is 0 Å². The average Bonchev–Trinajstić information content (AvgIpc) is 3.29. The van der Waals surface area contributed by atoms with Gasteiger partial charge in [0.25, 0.3) is 0 Å². The van der Waals surface area contributed by atoms with Crippen molar-refractivity contribution in [1.82, 2.24) is 24.6 Å². The fraction of sp³-hybridized carbons (Fsp3) is 0.227. The first-order valence-electron chi connectivity index (χ1n) is 9.68. The van der Waals surface area contributed by atoms with Gasteiger partial charge in [-0.05, 0) is 25.2 Å². The molecule has 0 saturated heterocycles. The van der Waals surface area contributed by atoms with Gasteiger partial charge in [-0.3, -0.25) is 14.5 Å². The second kappa shape index (κ2) is 7.00. The predicted molar refractivity (Wildman–Crippen MR) is 115 cm³/mol. The van der Waals surface area contributed by atoms with Crippen molar-refractivity contribution in [2.75, 3.05) is 6.54 Å². The molecule has 0 aliphatic carbocycles. The van der Waals surface area contributed by atoms with Crippen LogP contribution in [0, 0.1) is 11.7 Å². The summed E-state index contributed by atoms with van der Waals surface area (Å²) in [6.45, 7) is 3.53. The van der Waals surface area contributed by atoms with Crippen LogP contribution in [0.15, 0.2) is 48.5 Å². The van der Waals surface area contributed by atoms with Gasteiger partial charge in [0.05, 0.1) is 0 Å². The van der Waals surface area contributed by atoms with E-state index in [9.17, 15) is 4.79 Å². The molecule has 29 heavy (non-hydrogen) atoms. The third kappa shape index (κ3) is 3.17. The first kappa shape index (κ1) is 17.9. The molecular weight excluding hydrogens is 382 g/mol. The maximum Gasteiger partial charge on any atom is 0.242 e. The van der Waals surface area contributed by atoms with Crippen molar-refractivity contribution in [3.63, 3.8) is 0 Å². The molecule has 1 aliphatic heterocycles. The van der Waals surface area contributed by atoms with E-state index in [0.29, 0.717) is 23.7 Å². The number of amides is 1. The van der Waals surface area contributed by atoms with Crippen LogP contribution in [0.3, 0.4) is 0 Å². The second-order valence-corrected chi connectivity index (χ2v) is 7.88. The lowest BCUT2D eigenvalue weighted by molar-refractivity contribution is -0.132. The first-order valence-corrected chi connectivity index (χ1v) is 10.1. The smallest absolute Gasteiger partial charge is 0.242 e. The molecule has 0 radical (unpaired) electrons. The van der Waals surface area contributed by atoms with Crippen LogP contribution < -0.4 is 0 Å². The fourth-order valence-corrected chi connectivity index (χ4v) is 4.20. The van der Waals surface area contributed by atoms with Gasteiger partial charge in [-0.1, -0.05) is 48.0 Å². The molecule has 1 amide bonds. The van der Waals surface area contributed by atoms with Crippen LogP contribution in [0.4, 0.5) is 0 Å². The summed E-state index contributed by atoms with van der Waals surface area (Å²) in [6.07, 6.45) is 0.831. The Balaban J connectivity index is 1.41. The number of hydrogen-bond acceptors (Lipinski definition) is 3. The average molecular weight is 404 g/mol. The van der Waals surface area contributed by atoms with Gasteiger partial charge in [0.1, 0.15) is 6.54 Å². The Labute approximate surface area is 173 Å². The molecule has 5 rings (SSSR count). The van der Waals surface area contributed by atoms with Gasteiger partial charge in [-0.2, -0.15) is 5.10 Å². The molecule has 7 heteroatoms. The van der Waals surface area contributed by atoms with E-state index in [0.717, 1.165) is 17.5 Å². The number of aromatic nitrogens is 4. The zero-order valence-electron chi connectivity index (χ0n) is 16.1. The maximum atomic E-state index is 13.1. The molecule has 3 heterocycles. The van der Waals surface area contributed by atoms with Crippen LogP contribution in [-0.4, -0.2) is 37.1 Å². The van der Waals surface area contributed by atoms with Crippen molar-refractivity contribution in [2.24, 2.45) is 0 Å². The van der Waals surface area contributed by atoms with Crippen molar-refractivity contribution in [2.45, 2.75) is 26.4 Å². The topological polar surface area (TPSA) is 69.7 Å². The number of nitrogens with zero attached hydrogens (tertiary/aromatic N) is 3. The number of benzene rings is 2. The van der Waals surface area contributed by atoms with Crippen molar-refractivity contribution in [1.29, 1.82) is 0 Å². The van der Waals surface area contributed by atoms with Gasteiger partial charge in [0, 0.05) is 47.2 Å². The first-order chi connectivity index (χ1) is 14.1. The molecule has 6 nitrogen and oxygen atoms in total. The number of fused-ring (bicyclic) bond motifs is 3. The Morgan fingerprint density at radius 1 is 1.17 bits per heavy atom. The minimum absolute atomic E-state index is 0.0480. The zero-order valence-corrected chi connectivity index (χ0v) is 16.9. The van der Waals surface area contributed by atoms with Crippen molar-refractivity contribution in [3.05, 3.63) is 70.1 Å². The van der Waals surface area contributed by atoms with Gasteiger partial charge in [-0.25, -0.2) is 0 Å². The summed E-state index contributed by atoms with van der Waals surface area (Å²) in [5.41, 5.74) is 5.69. The Morgan fingerprint density at radius 3 is 2.79 bits per heavy atom. The number of nitrogens with one attached hydrogen (secondary N) is 2. The molecule has 4 aromatic rings. The molecule has 0 saturated carbocycles. The van der Waals surface area contributed by atoms with E-state index in [2.05, 4.69) is 27.3 Å².